The number of nitrogens with one attached hydrogen (secondary N) is 4. The number of hydrazone groups is 1. The molecule has 0 bridgehead atoms. The van der Waals surface area contributed by atoms with Crippen molar-refractivity contribution in [2.75, 3.05) is 18.9 Å². The van der Waals surface area contributed by atoms with Gasteiger partial charge in [0.2, 0.25) is 0 Å². The summed E-state index contributed by atoms with van der Waals surface area (Å²) in [6, 6.07) is 6.22. The van der Waals surface area contributed by atoms with Gasteiger partial charge in [0.25, 0.3) is 0 Å². The molecule has 9 heteroatoms. The number of allylic oxidation sites excluding steroid dienone is 3. The van der Waals surface area contributed by atoms with Gasteiger partial charge in [-0.1, -0.05) is 25.0 Å². The van der Waals surface area contributed by atoms with Gasteiger partial charge >= 0.3 is 0 Å². The second-order valence-corrected chi connectivity index (χ2v) is 8.90. The Bertz CT molecular complexity index is 1040. The Hall–Kier alpha value is -2.75. The number of hydrogen-bond acceptors (Lipinski definition) is 8. The average Bonchev–Trinajstić information content (AvgIpc) is 3.37. The predicted molar refractivity (Wildman–Crippen MR) is 141 cm³/mol. The largest absolute Gasteiger partial charge is 0.355 e. The van der Waals surface area contributed by atoms with Crippen molar-refractivity contribution in [3.8, 4) is 0 Å². The minimum Gasteiger partial charge on any atom is -0.355 e. The Morgan fingerprint density at radius 1 is 1.39 bits per heavy atom. The van der Waals surface area contributed by atoms with Crippen molar-refractivity contribution < 1.29 is 4.39 Å². The highest BCUT2D eigenvalue weighted by atomic mass is 32.1. The maximum Gasteiger partial charge on any atom is 0.123 e. The highest BCUT2D eigenvalue weighted by molar-refractivity contribution is 7.78. The van der Waals surface area contributed by atoms with Crippen molar-refractivity contribution in [3.05, 3.63) is 76.2 Å². The molecule has 0 radical (unpaired) electrons. The molecular formula is C24H29FN6S2. The SMILES string of the molecule is C=C(c1nccs1)C1(CC/C=N\NC)CC(C=N)=C(Nc2ccc(F)cc2)C=C1CCNS. The van der Waals surface area contributed by atoms with Gasteiger partial charge in [-0.05, 0) is 67.2 Å². The van der Waals surface area contributed by atoms with E-state index >= 15 is 0 Å². The molecule has 1 aliphatic rings. The summed E-state index contributed by atoms with van der Waals surface area (Å²) in [4.78, 5) is 4.53. The molecule has 0 spiro atoms. The Morgan fingerprint density at radius 2 is 2.18 bits per heavy atom. The van der Waals surface area contributed by atoms with E-state index in [0.29, 0.717) is 13.0 Å². The van der Waals surface area contributed by atoms with Gasteiger partial charge < -0.3 is 16.2 Å². The monoisotopic (exact) mass is 484 g/mol. The maximum atomic E-state index is 13.4. The van der Waals surface area contributed by atoms with E-state index in [2.05, 4.69) is 51.0 Å². The Morgan fingerprint density at radius 3 is 2.82 bits per heavy atom. The van der Waals surface area contributed by atoms with Crippen LogP contribution in [0.25, 0.3) is 5.57 Å². The highest BCUT2D eigenvalue weighted by Gasteiger charge is 2.41. The number of thiol groups is 1. The van der Waals surface area contributed by atoms with Crippen LogP contribution in [0.15, 0.2) is 70.4 Å². The first-order valence-electron chi connectivity index (χ1n) is 10.7. The van der Waals surface area contributed by atoms with Gasteiger partial charge in [-0.2, -0.15) is 5.10 Å². The van der Waals surface area contributed by atoms with E-state index in [1.54, 1.807) is 36.7 Å². The van der Waals surface area contributed by atoms with Crippen LogP contribution in [0.5, 0.6) is 0 Å². The lowest BCUT2D eigenvalue weighted by Gasteiger charge is -2.41. The van der Waals surface area contributed by atoms with E-state index in [1.165, 1.54) is 23.9 Å². The van der Waals surface area contributed by atoms with E-state index in [9.17, 15) is 4.39 Å². The number of nitrogens with zero attached hydrogens (tertiary/aromatic N) is 2. The summed E-state index contributed by atoms with van der Waals surface area (Å²) >= 11 is 5.76. The van der Waals surface area contributed by atoms with Crippen molar-refractivity contribution in [2.24, 2.45) is 10.5 Å². The van der Waals surface area contributed by atoms with E-state index in [1.807, 2.05) is 11.6 Å². The van der Waals surface area contributed by atoms with Crippen LogP contribution in [0.2, 0.25) is 0 Å². The van der Waals surface area contributed by atoms with Crippen molar-refractivity contribution in [2.45, 2.75) is 25.7 Å². The molecule has 0 saturated carbocycles. The third-order valence-corrected chi connectivity index (χ3v) is 6.82. The summed E-state index contributed by atoms with van der Waals surface area (Å²) in [7, 11) is 1.77. The zero-order valence-electron chi connectivity index (χ0n) is 18.6. The summed E-state index contributed by atoms with van der Waals surface area (Å²) in [6.07, 6.45) is 10.0. The Kier molecular flexibility index (Phi) is 8.99. The van der Waals surface area contributed by atoms with Gasteiger partial charge in [-0.25, -0.2) is 9.37 Å². The molecule has 1 aliphatic carbocycles. The highest BCUT2D eigenvalue weighted by Crippen LogP contribution is 2.53. The van der Waals surface area contributed by atoms with Crippen molar-refractivity contribution in [3.63, 3.8) is 0 Å². The fourth-order valence-electron chi connectivity index (χ4n) is 4.12. The van der Waals surface area contributed by atoms with Crippen LogP contribution < -0.4 is 15.5 Å². The third kappa shape index (κ3) is 5.98. The Balaban J connectivity index is 2.05. The van der Waals surface area contributed by atoms with Crippen LogP contribution in [-0.2, 0) is 0 Å². The molecule has 0 saturated heterocycles. The van der Waals surface area contributed by atoms with Crippen molar-refractivity contribution in [1.82, 2.24) is 15.1 Å². The van der Waals surface area contributed by atoms with Gasteiger partial charge in [-0.15, -0.1) is 11.3 Å². The molecule has 1 unspecified atom stereocenters. The lowest BCUT2D eigenvalue weighted by atomic mass is 9.64. The molecule has 0 aliphatic heterocycles. The summed E-state index contributed by atoms with van der Waals surface area (Å²) in [5.74, 6) is -0.288. The molecule has 4 N–H and O–H groups in total. The molecular weight excluding hydrogens is 455 g/mol. The molecule has 1 aromatic carbocycles. The van der Waals surface area contributed by atoms with E-state index < -0.39 is 5.41 Å². The third-order valence-electron chi connectivity index (χ3n) is 5.76. The van der Waals surface area contributed by atoms with Gasteiger partial charge in [0.1, 0.15) is 10.8 Å². The number of anilines is 1. The second-order valence-electron chi connectivity index (χ2n) is 7.69. The standard InChI is InChI=1S/C24H29FN6S2/c1-17(23-28-12-13-33-23)24(9-3-10-29-27-2)15-18(16-26)22(14-19(24)8-11-30-32)31-21-6-4-20(25)5-7-21/h4-7,10,12-14,16,26-27,30-32H,1,3,8-9,11,15H2,2H3/b26-16?,29-10-. The van der Waals surface area contributed by atoms with E-state index in [-0.39, 0.29) is 5.82 Å². The summed E-state index contributed by atoms with van der Waals surface area (Å²) in [5.41, 5.74) is 6.96. The molecule has 1 atom stereocenters. The van der Waals surface area contributed by atoms with Crippen LogP contribution in [0, 0.1) is 16.6 Å². The maximum absolute atomic E-state index is 13.4. The molecule has 174 valence electrons. The molecule has 3 rings (SSSR count). The number of aromatic nitrogens is 1. The lowest BCUT2D eigenvalue weighted by molar-refractivity contribution is 0.428. The number of halogens is 1. The summed E-state index contributed by atoms with van der Waals surface area (Å²) in [6.45, 7) is 5.16. The summed E-state index contributed by atoms with van der Waals surface area (Å²) in [5, 5.41) is 18.5. The topological polar surface area (TPSA) is 85.2 Å². The molecule has 1 heterocycles. The molecule has 6 nitrogen and oxygen atoms in total. The van der Waals surface area contributed by atoms with Crippen LogP contribution in [0.4, 0.5) is 10.1 Å². The molecule has 0 fully saturated rings. The minimum absolute atomic E-state index is 0.288. The second kappa shape index (κ2) is 11.9. The molecule has 2 aromatic rings. The average molecular weight is 485 g/mol. The number of benzene rings is 1. The fourth-order valence-corrected chi connectivity index (χ4v) is 4.94. The van der Waals surface area contributed by atoms with Crippen LogP contribution in [0.1, 0.15) is 30.7 Å². The number of thiazole rings is 1. The van der Waals surface area contributed by atoms with Crippen LogP contribution in [-0.4, -0.2) is 31.0 Å². The van der Waals surface area contributed by atoms with Crippen LogP contribution >= 0.6 is 24.2 Å². The van der Waals surface area contributed by atoms with Crippen molar-refractivity contribution >= 4 is 47.8 Å². The van der Waals surface area contributed by atoms with Gasteiger partial charge in [0, 0.05) is 54.4 Å². The molecule has 1 aromatic heterocycles. The van der Waals surface area contributed by atoms with Gasteiger partial charge in [0.15, 0.2) is 0 Å². The number of rotatable bonds is 12. The fraction of sp³-hybridized carbons (Fsp3) is 0.292. The van der Waals surface area contributed by atoms with Crippen LogP contribution in [0.3, 0.4) is 0 Å². The van der Waals surface area contributed by atoms with Gasteiger partial charge in [0.05, 0.1) is 0 Å². The lowest BCUT2D eigenvalue weighted by Crippen LogP contribution is -2.31. The number of hydrogen-bond donors (Lipinski definition) is 5. The van der Waals surface area contributed by atoms with Crippen molar-refractivity contribution in [1.29, 1.82) is 5.41 Å². The first kappa shape index (κ1) is 24.9. The van der Waals surface area contributed by atoms with E-state index in [0.717, 1.165) is 46.8 Å². The quantitative estimate of drug-likeness (QED) is 0.158. The first-order chi connectivity index (χ1) is 16.0. The molecule has 0 amide bonds. The first-order valence-corrected chi connectivity index (χ1v) is 12.0. The molecule has 33 heavy (non-hydrogen) atoms. The zero-order valence-corrected chi connectivity index (χ0v) is 20.3. The summed E-state index contributed by atoms with van der Waals surface area (Å²) < 4.78 is 16.3. The zero-order chi connectivity index (χ0) is 23.7. The smallest absolute Gasteiger partial charge is 0.123 e. The predicted octanol–water partition coefficient (Wildman–Crippen LogP) is 5.44. The van der Waals surface area contributed by atoms with Gasteiger partial charge in [-0.3, -0.25) is 4.72 Å². The minimum atomic E-state index is -0.414. The van der Waals surface area contributed by atoms with E-state index in [4.69, 9.17) is 5.41 Å². The Labute approximate surface area is 203 Å². The normalized spacial score (nSPS) is 18.3.